The third-order valence-corrected chi connectivity index (χ3v) is 3.33. The number of carbonyl (C=O) groups excluding carboxylic acids is 1. The van der Waals surface area contributed by atoms with Crippen LogP contribution in [0.3, 0.4) is 0 Å². The summed E-state index contributed by atoms with van der Waals surface area (Å²) in [5, 5.41) is 0.881. The monoisotopic (exact) mass is 551 g/mol. The third kappa shape index (κ3) is 5.88. The van der Waals surface area contributed by atoms with Crippen molar-refractivity contribution in [3.05, 3.63) is 0 Å². The minimum Gasteiger partial charge on any atom is -0.351 e. The van der Waals surface area contributed by atoms with Gasteiger partial charge >= 0.3 is 48.4 Å². The van der Waals surface area contributed by atoms with Crippen LogP contribution in [0.4, 0.5) is 74.6 Å². The van der Waals surface area contributed by atoms with Gasteiger partial charge in [0.1, 0.15) is 0 Å². The van der Waals surface area contributed by atoms with Crippen molar-refractivity contribution in [1.29, 1.82) is 0 Å². The van der Waals surface area contributed by atoms with E-state index in [9.17, 15) is 79.4 Å². The smallest absolute Gasteiger partial charge is 0.351 e. The van der Waals surface area contributed by atoms with Crippen LogP contribution in [0.2, 0.25) is 0 Å². The highest BCUT2D eigenvalue weighted by Crippen LogP contribution is 2.56. The molecule has 0 spiro atoms. The summed E-state index contributed by atoms with van der Waals surface area (Å²) in [4.78, 5) is 11.3. The van der Waals surface area contributed by atoms with Gasteiger partial charge in [-0.2, -0.15) is 74.6 Å². The lowest BCUT2D eigenvalue weighted by atomic mass is 10.2. The Balaban J connectivity index is 6.67. The van der Waals surface area contributed by atoms with E-state index in [0.29, 0.717) is 0 Å². The SMILES string of the molecule is CC(C)CNC(=O)C(F)(OC(F)(F)C(F)(OC(F)(F)C(F)(F)C(F)(F)F)C(F)(F)F)C(F)(F)F. The average Bonchev–Trinajstić information content (AvgIpc) is 2.55. The van der Waals surface area contributed by atoms with Crippen LogP contribution < -0.4 is 5.32 Å². The molecule has 0 aliphatic carbocycles. The molecule has 2 unspecified atom stereocenters. The first-order chi connectivity index (χ1) is 14.5. The summed E-state index contributed by atoms with van der Waals surface area (Å²) in [5.41, 5.74) is 0. The standard InChI is InChI=1S/C13H10F17NO3/c1-4(2)3-31-5(32)6(14,9(18,19)20)33-13(29,30)8(17,11(24,25)26)34-12(27,28)7(15,16)10(21,22)23/h4H,3H2,1-2H3,(H,31,32). The van der Waals surface area contributed by atoms with Crippen molar-refractivity contribution in [1.82, 2.24) is 5.32 Å². The van der Waals surface area contributed by atoms with Crippen LogP contribution >= 0.6 is 0 Å². The van der Waals surface area contributed by atoms with Crippen LogP contribution in [-0.2, 0) is 14.3 Å². The van der Waals surface area contributed by atoms with E-state index in [-0.39, 0.29) is 0 Å². The quantitative estimate of drug-likeness (QED) is 0.378. The Morgan fingerprint density at radius 2 is 1.06 bits per heavy atom. The van der Waals surface area contributed by atoms with Crippen LogP contribution in [0, 0.1) is 5.92 Å². The first kappa shape index (κ1) is 32.2. The summed E-state index contributed by atoms with van der Waals surface area (Å²) in [7, 11) is 0. The highest BCUT2D eigenvalue weighted by atomic mass is 19.4. The fourth-order valence-corrected chi connectivity index (χ4v) is 1.57. The van der Waals surface area contributed by atoms with Crippen LogP contribution in [-0.4, -0.2) is 60.8 Å². The van der Waals surface area contributed by atoms with E-state index in [0.717, 1.165) is 19.2 Å². The lowest BCUT2D eigenvalue weighted by Crippen LogP contribution is -2.68. The number of halogens is 17. The Morgan fingerprint density at radius 3 is 1.35 bits per heavy atom. The van der Waals surface area contributed by atoms with E-state index in [4.69, 9.17) is 0 Å². The topological polar surface area (TPSA) is 47.6 Å². The molecule has 0 aliphatic heterocycles. The molecule has 1 N–H and O–H groups in total. The Labute approximate surface area is 176 Å². The zero-order chi connectivity index (χ0) is 28.0. The van der Waals surface area contributed by atoms with Crippen molar-refractivity contribution in [3.63, 3.8) is 0 Å². The van der Waals surface area contributed by atoms with E-state index in [2.05, 4.69) is 0 Å². The minimum absolute atomic E-state index is 0.881. The minimum atomic E-state index is -8.01. The number of nitrogens with one attached hydrogen (secondary N) is 1. The zero-order valence-corrected chi connectivity index (χ0v) is 15.9. The molecule has 34 heavy (non-hydrogen) atoms. The van der Waals surface area contributed by atoms with Crippen molar-refractivity contribution in [3.8, 4) is 0 Å². The Hall–Kier alpha value is -1.80. The van der Waals surface area contributed by atoms with Gasteiger partial charge in [-0.15, -0.1) is 0 Å². The molecule has 2 atom stereocenters. The van der Waals surface area contributed by atoms with E-state index >= 15 is 0 Å². The molecule has 204 valence electrons. The van der Waals surface area contributed by atoms with E-state index in [1.54, 1.807) is 0 Å². The van der Waals surface area contributed by atoms with Gasteiger partial charge in [0.15, 0.2) is 0 Å². The van der Waals surface area contributed by atoms with Crippen LogP contribution in [0.5, 0.6) is 0 Å². The van der Waals surface area contributed by atoms with Crippen molar-refractivity contribution in [2.75, 3.05) is 6.54 Å². The Morgan fingerprint density at radius 1 is 0.647 bits per heavy atom. The normalized spacial score (nSPS) is 18.5. The molecule has 4 nitrogen and oxygen atoms in total. The molecule has 0 aromatic heterocycles. The molecule has 0 aromatic rings. The molecule has 0 fully saturated rings. The molecule has 0 aromatic carbocycles. The summed E-state index contributed by atoms with van der Waals surface area (Å²) in [6, 6.07) is 0. The maximum Gasteiger partial charge on any atom is 0.462 e. The number of amides is 1. The Kier molecular flexibility index (Phi) is 8.53. The summed E-state index contributed by atoms with van der Waals surface area (Å²) in [6.45, 7) is 1.16. The van der Waals surface area contributed by atoms with Crippen LogP contribution in [0.25, 0.3) is 0 Å². The second-order valence-corrected chi connectivity index (χ2v) is 6.60. The van der Waals surface area contributed by atoms with E-state index in [1.807, 2.05) is 4.74 Å². The molecule has 1 amide bonds. The van der Waals surface area contributed by atoms with Crippen LogP contribution in [0.1, 0.15) is 13.8 Å². The zero-order valence-electron chi connectivity index (χ0n) is 15.9. The number of hydrogen-bond acceptors (Lipinski definition) is 3. The van der Waals surface area contributed by atoms with Gasteiger partial charge in [0, 0.05) is 6.54 Å². The molecule has 0 bridgehead atoms. The molecular formula is C13H10F17NO3. The van der Waals surface area contributed by atoms with Crippen molar-refractivity contribution in [2.45, 2.75) is 62.2 Å². The average molecular weight is 551 g/mol. The van der Waals surface area contributed by atoms with Crippen molar-refractivity contribution >= 4 is 5.91 Å². The molecule has 0 rings (SSSR count). The van der Waals surface area contributed by atoms with Crippen LogP contribution in [0.15, 0.2) is 0 Å². The number of rotatable bonds is 9. The first-order valence-corrected chi connectivity index (χ1v) is 7.90. The molecule has 0 heterocycles. The maximum atomic E-state index is 14.1. The lowest BCUT2D eigenvalue weighted by molar-refractivity contribution is -0.548. The van der Waals surface area contributed by atoms with Gasteiger partial charge in [-0.1, -0.05) is 13.8 Å². The van der Waals surface area contributed by atoms with E-state index < -0.39 is 66.7 Å². The van der Waals surface area contributed by atoms with Gasteiger partial charge < -0.3 is 5.32 Å². The van der Waals surface area contributed by atoms with Crippen molar-refractivity contribution < 1.29 is 88.9 Å². The van der Waals surface area contributed by atoms with Gasteiger partial charge in [-0.05, 0) is 5.92 Å². The molecule has 0 saturated carbocycles. The fraction of sp³-hybridized carbons (Fsp3) is 0.923. The molecule has 0 saturated heterocycles. The van der Waals surface area contributed by atoms with E-state index in [1.165, 1.54) is 4.74 Å². The molecule has 21 heteroatoms. The van der Waals surface area contributed by atoms with Crippen molar-refractivity contribution in [2.24, 2.45) is 5.92 Å². The maximum absolute atomic E-state index is 14.1. The third-order valence-electron chi connectivity index (χ3n) is 3.33. The van der Waals surface area contributed by atoms with Gasteiger partial charge in [-0.25, -0.2) is 0 Å². The highest BCUT2D eigenvalue weighted by Gasteiger charge is 2.85. The predicted molar refractivity (Wildman–Crippen MR) is 70.7 cm³/mol. The molecule has 0 aliphatic rings. The number of carbonyl (C=O) groups is 1. The molecule has 0 radical (unpaired) electrons. The number of alkyl halides is 17. The fourth-order valence-electron chi connectivity index (χ4n) is 1.57. The van der Waals surface area contributed by atoms with Gasteiger partial charge in [0.2, 0.25) is 0 Å². The first-order valence-electron chi connectivity index (χ1n) is 7.90. The summed E-state index contributed by atoms with van der Waals surface area (Å²) >= 11 is 0. The Bertz CT molecular complexity index is 728. The van der Waals surface area contributed by atoms with Gasteiger partial charge in [-0.3, -0.25) is 14.3 Å². The second-order valence-electron chi connectivity index (χ2n) is 6.60. The summed E-state index contributed by atoms with van der Waals surface area (Å²) < 4.78 is 223. The number of ether oxygens (including phenoxy) is 2. The lowest BCUT2D eigenvalue weighted by Gasteiger charge is -2.40. The number of hydrogen-bond donors (Lipinski definition) is 1. The highest BCUT2D eigenvalue weighted by molar-refractivity contribution is 5.84. The molecular weight excluding hydrogens is 541 g/mol. The summed E-state index contributed by atoms with van der Waals surface area (Å²) in [6.07, 6.45) is -38.4. The second kappa shape index (κ2) is 9.01. The van der Waals surface area contributed by atoms with Gasteiger partial charge in [0.05, 0.1) is 0 Å². The largest absolute Gasteiger partial charge is 0.462 e. The summed E-state index contributed by atoms with van der Waals surface area (Å²) in [5.74, 6) is -26.9. The van der Waals surface area contributed by atoms with Gasteiger partial charge in [0.25, 0.3) is 5.91 Å². The predicted octanol–water partition coefficient (Wildman–Crippen LogP) is 5.63.